The van der Waals surface area contributed by atoms with Crippen LogP contribution in [0.15, 0.2) is 42.9 Å². The first kappa shape index (κ1) is 15.0. The van der Waals surface area contributed by atoms with E-state index in [-0.39, 0.29) is 6.04 Å². The Bertz CT molecular complexity index is 816. The fraction of sp³-hybridized carbons (Fsp3) is 0.235. The van der Waals surface area contributed by atoms with Crippen molar-refractivity contribution in [3.05, 3.63) is 42.9 Å². The molecule has 0 spiro atoms. The van der Waals surface area contributed by atoms with Crippen LogP contribution in [0.4, 0.5) is 11.5 Å². The van der Waals surface area contributed by atoms with Crippen LogP contribution in [-0.4, -0.2) is 21.0 Å². The van der Waals surface area contributed by atoms with E-state index in [0.717, 1.165) is 17.3 Å². The number of nitrogens with one attached hydrogen (secondary N) is 1. The SMILES string of the molecule is CCC(C)Nc1ncnc(Oc2cccc3cccnc23)c1N. The van der Waals surface area contributed by atoms with Gasteiger partial charge in [-0.25, -0.2) is 4.98 Å². The molecule has 0 saturated carbocycles. The van der Waals surface area contributed by atoms with Gasteiger partial charge in [0.05, 0.1) is 0 Å². The highest BCUT2D eigenvalue weighted by molar-refractivity contribution is 5.84. The van der Waals surface area contributed by atoms with Crippen LogP contribution in [0.25, 0.3) is 10.9 Å². The van der Waals surface area contributed by atoms with E-state index in [1.807, 2.05) is 30.3 Å². The Hall–Kier alpha value is -2.89. The van der Waals surface area contributed by atoms with Crippen LogP contribution >= 0.6 is 0 Å². The zero-order valence-electron chi connectivity index (χ0n) is 13.2. The number of para-hydroxylation sites is 1. The average Bonchev–Trinajstić information content (AvgIpc) is 2.58. The third kappa shape index (κ3) is 3.15. The quantitative estimate of drug-likeness (QED) is 0.749. The summed E-state index contributed by atoms with van der Waals surface area (Å²) in [5.74, 6) is 1.52. The molecule has 6 nitrogen and oxygen atoms in total. The van der Waals surface area contributed by atoms with Gasteiger partial charge < -0.3 is 15.8 Å². The molecule has 0 radical (unpaired) electrons. The summed E-state index contributed by atoms with van der Waals surface area (Å²) >= 11 is 0. The summed E-state index contributed by atoms with van der Waals surface area (Å²) in [7, 11) is 0. The Morgan fingerprint density at radius 2 is 2.00 bits per heavy atom. The molecule has 6 heteroatoms. The molecule has 2 heterocycles. The summed E-state index contributed by atoms with van der Waals surface area (Å²) in [6.07, 6.45) is 4.14. The maximum Gasteiger partial charge on any atom is 0.248 e. The maximum atomic E-state index is 6.15. The Kier molecular flexibility index (Phi) is 4.23. The minimum atomic E-state index is 0.263. The van der Waals surface area contributed by atoms with Crippen LogP contribution in [0.3, 0.4) is 0 Å². The van der Waals surface area contributed by atoms with Gasteiger partial charge in [0.25, 0.3) is 0 Å². The number of ether oxygens (including phenoxy) is 1. The second kappa shape index (κ2) is 6.48. The third-order valence-corrected chi connectivity index (χ3v) is 3.65. The molecule has 2 aromatic heterocycles. The lowest BCUT2D eigenvalue weighted by Gasteiger charge is -2.15. The van der Waals surface area contributed by atoms with E-state index >= 15 is 0 Å². The first-order chi connectivity index (χ1) is 11.2. The number of fused-ring (bicyclic) bond motifs is 1. The van der Waals surface area contributed by atoms with Crippen molar-refractivity contribution in [3.63, 3.8) is 0 Å². The monoisotopic (exact) mass is 309 g/mol. The molecule has 0 fully saturated rings. The standard InChI is InChI=1S/C17H19N5O/c1-3-11(2)22-16-14(18)17(21-10-20-16)23-13-8-4-6-12-7-5-9-19-15(12)13/h4-11H,3,18H2,1-2H3,(H,20,21,22). The highest BCUT2D eigenvalue weighted by Crippen LogP contribution is 2.32. The van der Waals surface area contributed by atoms with Gasteiger partial charge in [0.2, 0.25) is 5.88 Å². The number of nitrogens with two attached hydrogens (primary N) is 1. The van der Waals surface area contributed by atoms with E-state index < -0.39 is 0 Å². The molecule has 0 aliphatic carbocycles. The molecule has 0 saturated heterocycles. The van der Waals surface area contributed by atoms with E-state index in [0.29, 0.717) is 23.1 Å². The van der Waals surface area contributed by atoms with E-state index in [1.54, 1.807) is 6.20 Å². The highest BCUT2D eigenvalue weighted by atomic mass is 16.5. The maximum absolute atomic E-state index is 6.15. The van der Waals surface area contributed by atoms with Crippen LogP contribution in [0.5, 0.6) is 11.6 Å². The molecule has 1 unspecified atom stereocenters. The number of hydrogen-bond acceptors (Lipinski definition) is 6. The lowest BCUT2D eigenvalue weighted by atomic mass is 10.2. The molecule has 0 aliphatic heterocycles. The molecular formula is C17H19N5O. The highest BCUT2D eigenvalue weighted by Gasteiger charge is 2.13. The average molecular weight is 309 g/mol. The number of rotatable bonds is 5. The summed E-state index contributed by atoms with van der Waals surface area (Å²) in [6.45, 7) is 4.16. The number of nitrogens with zero attached hydrogens (tertiary/aromatic N) is 3. The fourth-order valence-corrected chi connectivity index (χ4v) is 2.17. The lowest BCUT2D eigenvalue weighted by molar-refractivity contribution is 0.468. The molecule has 1 atom stereocenters. The first-order valence-corrected chi connectivity index (χ1v) is 7.57. The molecule has 3 aromatic rings. The van der Waals surface area contributed by atoms with E-state index in [2.05, 4.69) is 34.1 Å². The summed E-state index contributed by atoms with van der Waals surface area (Å²) in [5, 5.41) is 4.25. The van der Waals surface area contributed by atoms with Crippen molar-refractivity contribution in [1.82, 2.24) is 15.0 Å². The van der Waals surface area contributed by atoms with Gasteiger partial charge in [-0.3, -0.25) is 4.98 Å². The van der Waals surface area contributed by atoms with Gasteiger partial charge in [-0.05, 0) is 25.5 Å². The van der Waals surface area contributed by atoms with Crippen LogP contribution < -0.4 is 15.8 Å². The summed E-state index contributed by atoms with van der Waals surface area (Å²) in [4.78, 5) is 12.7. The summed E-state index contributed by atoms with van der Waals surface area (Å²) < 4.78 is 5.90. The van der Waals surface area contributed by atoms with Gasteiger partial charge in [-0.1, -0.05) is 25.1 Å². The minimum Gasteiger partial charge on any atom is -0.435 e. The topological polar surface area (TPSA) is 86.0 Å². The smallest absolute Gasteiger partial charge is 0.248 e. The molecular weight excluding hydrogens is 290 g/mol. The first-order valence-electron chi connectivity index (χ1n) is 7.57. The molecule has 1 aromatic carbocycles. The number of pyridine rings is 1. The van der Waals surface area contributed by atoms with Crippen molar-refractivity contribution in [1.29, 1.82) is 0 Å². The van der Waals surface area contributed by atoms with Crippen molar-refractivity contribution in [3.8, 4) is 11.6 Å². The van der Waals surface area contributed by atoms with Gasteiger partial charge in [-0.15, -0.1) is 0 Å². The van der Waals surface area contributed by atoms with Crippen molar-refractivity contribution in [2.24, 2.45) is 0 Å². The van der Waals surface area contributed by atoms with Gasteiger partial charge in [0.15, 0.2) is 11.6 Å². The Morgan fingerprint density at radius 1 is 1.17 bits per heavy atom. The van der Waals surface area contributed by atoms with Gasteiger partial charge in [-0.2, -0.15) is 4.98 Å². The normalized spacial score (nSPS) is 12.1. The van der Waals surface area contributed by atoms with Crippen LogP contribution in [0, 0.1) is 0 Å². The third-order valence-electron chi connectivity index (χ3n) is 3.65. The zero-order chi connectivity index (χ0) is 16.2. The molecule has 118 valence electrons. The van der Waals surface area contributed by atoms with E-state index in [9.17, 15) is 0 Å². The molecule has 3 rings (SSSR count). The zero-order valence-corrected chi connectivity index (χ0v) is 13.2. The van der Waals surface area contributed by atoms with Gasteiger partial charge in [0, 0.05) is 17.6 Å². The van der Waals surface area contributed by atoms with Crippen LogP contribution in [-0.2, 0) is 0 Å². The van der Waals surface area contributed by atoms with Crippen LogP contribution in [0.1, 0.15) is 20.3 Å². The number of nitrogen functional groups attached to an aromatic ring is 1. The van der Waals surface area contributed by atoms with Crippen molar-refractivity contribution in [2.75, 3.05) is 11.1 Å². The predicted octanol–water partition coefficient (Wildman–Crippen LogP) is 3.61. The predicted molar refractivity (Wildman–Crippen MR) is 91.6 cm³/mol. The number of hydrogen-bond donors (Lipinski definition) is 2. The van der Waals surface area contributed by atoms with Gasteiger partial charge >= 0.3 is 0 Å². The lowest BCUT2D eigenvalue weighted by Crippen LogP contribution is -2.16. The molecule has 0 bridgehead atoms. The Labute approximate surface area is 134 Å². The van der Waals surface area contributed by atoms with Crippen molar-refractivity contribution in [2.45, 2.75) is 26.3 Å². The summed E-state index contributed by atoms with van der Waals surface area (Å²) in [6, 6.07) is 9.87. The number of aromatic nitrogens is 3. The van der Waals surface area contributed by atoms with Crippen molar-refractivity contribution >= 4 is 22.4 Å². The van der Waals surface area contributed by atoms with E-state index in [1.165, 1.54) is 6.33 Å². The molecule has 0 amide bonds. The number of benzene rings is 1. The van der Waals surface area contributed by atoms with Crippen molar-refractivity contribution < 1.29 is 4.74 Å². The van der Waals surface area contributed by atoms with Crippen LogP contribution in [0.2, 0.25) is 0 Å². The fourth-order valence-electron chi connectivity index (χ4n) is 2.17. The largest absolute Gasteiger partial charge is 0.435 e. The number of anilines is 2. The Morgan fingerprint density at radius 3 is 2.83 bits per heavy atom. The molecule has 0 aliphatic rings. The Balaban J connectivity index is 1.95. The molecule has 3 N–H and O–H groups in total. The second-order valence-corrected chi connectivity index (χ2v) is 5.33. The summed E-state index contributed by atoms with van der Waals surface area (Å²) in [5.41, 5.74) is 7.30. The van der Waals surface area contributed by atoms with E-state index in [4.69, 9.17) is 10.5 Å². The second-order valence-electron chi connectivity index (χ2n) is 5.33. The molecule has 23 heavy (non-hydrogen) atoms. The van der Waals surface area contributed by atoms with Gasteiger partial charge in [0.1, 0.15) is 17.5 Å². The minimum absolute atomic E-state index is 0.263.